The van der Waals surface area contributed by atoms with Crippen molar-refractivity contribution in [3.8, 4) is 0 Å². The first kappa shape index (κ1) is 16.2. The number of hydrogen-bond acceptors (Lipinski definition) is 4. The number of nitrogens with zero attached hydrogens (tertiary/aromatic N) is 1. The first-order chi connectivity index (χ1) is 8.54. The van der Waals surface area contributed by atoms with Gasteiger partial charge in [0.1, 0.15) is 19.9 Å². The van der Waals surface area contributed by atoms with Crippen LogP contribution in [0.1, 0.15) is 33.6 Å². The second-order valence-corrected chi connectivity index (χ2v) is 12.0. The molecule has 1 atom stereocenters. The number of hydrogen-bond donors (Lipinski definition) is 1. The van der Waals surface area contributed by atoms with Gasteiger partial charge in [-0.3, -0.25) is 0 Å². The molecule has 0 aromatic rings. The predicted octanol–water partition coefficient (Wildman–Crippen LogP) is 2.50. The Bertz CT molecular complexity index is 366. The lowest BCUT2D eigenvalue weighted by Gasteiger charge is -2.36. The largest absolute Gasteiger partial charge is 0.458 e. The molecule has 0 saturated heterocycles. The molecule has 0 saturated carbocycles. The zero-order valence-corrected chi connectivity index (χ0v) is 14.0. The summed E-state index contributed by atoms with van der Waals surface area (Å²) in [5.41, 5.74) is 0.683. The standard InChI is InChI=1S/C14H27NO3Si/c1-14(2,3)18-13(17)12-9-11(7-8-16)10-15(12)19(4,5)6/h10,12,16H,7-9H2,1-6H3/t12-/m1/s1. The molecule has 19 heavy (non-hydrogen) atoms. The van der Waals surface area contributed by atoms with E-state index >= 15 is 0 Å². The fraction of sp³-hybridized carbons (Fsp3) is 0.786. The summed E-state index contributed by atoms with van der Waals surface area (Å²) in [5.74, 6) is -0.154. The van der Waals surface area contributed by atoms with Gasteiger partial charge in [-0.25, -0.2) is 4.79 Å². The number of esters is 1. The quantitative estimate of drug-likeness (QED) is 0.637. The molecule has 0 bridgehead atoms. The monoisotopic (exact) mass is 285 g/mol. The number of rotatable bonds is 4. The van der Waals surface area contributed by atoms with Crippen LogP contribution in [-0.4, -0.2) is 42.1 Å². The van der Waals surface area contributed by atoms with Crippen LogP contribution in [0.25, 0.3) is 0 Å². The molecular formula is C14H27NO3Si. The maximum Gasteiger partial charge on any atom is 0.328 e. The van der Waals surface area contributed by atoms with Crippen LogP contribution in [0.4, 0.5) is 0 Å². The summed E-state index contributed by atoms with van der Waals surface area (Å²) >= 11 is 0. The van der Waals surface area contributed by atoms with E-state index < -0.39 is 13.8 Å². The fourth-order valence-corrected chi connectivity index (χ4v) is 3.93. The van der Waals surface area contributed by atoms with Gasteiger partial charge in [0.05, 0.1) is 0 Å². The lowest BCUT2D eigenvalue weighted by molar-refractivity contribution is -0.158. The van der Waals surface area contributed by atoms with Crippen LogP contribution in [0.3, 0.4) is 0 Å². The normalized spacial score (nSPS) is 20.5. The van der Waals surface area contributed by atoms with E-state index in [4.69, 9.17) is 9.84 Å². The number of aliphatic hydroxyl groups excluding tert-OH is 1. The molecule has 1 heterocycles. The second kappa shape index (κ2) is 5.67. The highest BCUT2D eigenvalue weighted by molar-refractivity contribution is 6.73. The molecule has 4 nitrogen and oxygen atoms in total. The Kier molecular flexibility index (Phi) is 4.85. The molecule has 1 N–H and O–H groups in total. The number of aliphatic hydroxyl groups is 1. The molecule has 5 heteroatoms. The molecule has 0 amide bonds. The molecule has 0 aliphatic carbocycles. The number of carbonyl (C=O) groups is 1. The van der Waals surface area contributed by atoms with Crippen LogP contribution in [0, 0.1) is 0 Å². The van der Waals surface area contributed by atoms with Crippen LogP contribution in [0.5, 0.6) is 0 Å². The van der Waals surface area contributed by atoms with Gasteiger partial charge >= 0.3 is 5.97 Å². The lowest BCUT2D eigenvalue weighted by atomic mass is 10.1. The van der Waals surface area contributed by atoms with Crippen LogP contribution in [-0.2, 0) is 9.53 Å². The fourth-order valence-electron chi connectivity index (χ4n) is 2.22. The van der Waals surface area contributed by atoms with Gasteiger partial charge < -0.3 is 14.4 Å². The Morgan fingerprint density at radius 1 is 1.47 bits per heavy atom. The minimum Gasteiger partial charge on any atom is -0.458 e. The van der Waals surface area contributed by atoms with E-state index in [2.05, 4.69) is 30.4 Å². The smallest absolute Gasteiger partial charge is 0.328 e. The van der Waals surface area contributed by atoms with Crippen LogP contribution >= 0.6 is 0 Å². The lowest BCUT2D eigenvalue weighted by Crippen LogP contribution is -2.50. The minimum absolute atomic E-state index is 0.131. The zero-order chi connectivity index (χ0) is 14.8. The van der Waals surface area contributed by atoms with Gasteiger partial charge in [0.2, 0.25) is 0 Å². The molecule has 0 aromatic heterocycles. The molecule has 110 valence electrons. The molecule has 0 spiro atoms. The van der Waals surface area contributed by atoms with Gasteiger partial charge in [-0.15, -0.1) is 0 Å². The highest BCUT2D eigenvalue weighted by Gasteiger charge is 2.39. The summed E-state index contributed by atoms with van der Waals surface area (Å²) in [6.07, 6.45) is 3.39. The third kappa shape index (κ3) is 4.65. The van der Waals surface area contributed by atoms with E-state index in [9.17, 15) is 4.79 Å². The van der Waals surface area contributed by atoms with Crippen molar-refractivity contribution in [3.63, 3.8) is 0 Å². The van der Waals surface area contributed by atoms with Gasteiger partial charge in [0, 0.05) is 13.0 Å². The van der Waals surface area contributed by atoms with Crippen LogP contribution in [0.15, 0.2) is 11.8 Å². The average Bonchev–Trinajstić information content (AvgIpc) is 2.59. The van der Waals surface area contributed by atoms with Crippen molar-refractivity contribution in [1.82, 2.24) is 4.57 Å². The minimum atomic E-state index is -1.62. The summed E-state index contributed by atoms with van der Waals surface area (Å²) in [7, 11) is -1.62. The zero-order valence-electron chi connectivity index (χ0n) is 13.0. The Morgan fingerprint density at radius 3 is 2.47 bits per heavy atom. The highest BCUT2D eigenvalue weighted by Crippen LogP contribution is 2.30. The molecule has 0 unspecified atom stereocenters. The van der Waals surface area contributed by atoms with E-state index in [1.807, 2.05) is 20.8 Å². The second-order valence-electron chi connectivity index (χ2n) is 7.09. The Hall–Kier alpha value is -0.813. The van der Waals surface area contributed by atoms with E-state index in [0.717, 1.165) is 5.57 Å². The molecule has 1 aliphatic rings. The molecule has 1 aliphatic heterocycles. The summed E-state index contributed by atoms with van der Waals surface area (Å²) in [5, 5.41) is 9.06. The first-order valence-electron chi connectivity index (χ1n) is 6.86. The average molecular weight is 285 g/mol. The van der Waals surface area contributed by atoms with E-state index in [1.54, 1.807) is 0 Å². The maximum atomic E-state index is 12.3. The third-order valence-electron chi connectivity index (χ3n) is 3.00. The van der Waals surface area contributed by atoms with Crippen molar-refractivity contribution in [2.75, 3.05) is 6.61 Å². The Morgan fingerprint density at radius 2 is 2.05 bits per heavy atom. The van der Waals surface area contributed by atoms with Gasteiger partial charge in [-0.05, 0) is 33.4 Å². The van der Waals surface area contributed by atoms with Crippen molar-refractivity contribution in [1.29, 1.82) is 0 Å². The van der Waals surface area contributed by atoms with Crippen molar-refractivity contribution in [2.45, 2.75) is 64.9 Å². The summed E-state index contributed by atoms with van der Waals surface area (Å²) in [4.78, 5) is 12.3. The van der Waals surface area contributed by atoms with E-state index in [0.29, 0.717) is 12.8 Å². The van der Waals surface area contributed by atoms with Crippen LogP contribution in [0.2, 0.25) is 19.6 Å². The third-order valence-corrected chi connectivity index (χ3v) is 4.99. The van der Waals surface area contributed by atoms with Gasteiger partial charge in [-0.2, -0.15) is 0 Å². The van der Waals surface area contributed by atoms with E-state index in [1.165, 1.54) is 0 Å². The summed E-state index contributed by atoms with van der Waals surface area (Å²) < 4.78 is 7.71. The first-order valence-corrected chi connectivity index (χ1v) is 10.3. The van der Waals surface area contributed by atoms with Gasteiger partial charge in [-0.1, -0.05) is 25.2 Å². The van der Waals surface area contributed by atoms with E-state index in [-0.39, 0.29) is 18.6 Å². The van der Waals surface area contributed by atoms with Crippen molar-refractivity contribution in [2.24, 2.45) is 0 Å². The maximum absolute atomic E-state index is 12.3. The predicted molar refractivity (Wildman–Crippen MR) is 79.2 cm³/mol. The molecule has 0 aromatic carbocycles. The number of carbonyl (C=O) groups excluding carboxylic acids is 1. The van der Waals surface area contributed by atoms with Crippen LogP contribution < -0.4 is 0 Å². The topological polar surface area (TPSA) is 49.8 Å². The summed E-state index contributed by atoms with van der Waals surface area (Å²) in [6.45, 7) is 12.4. The molecule has 1 rings (SSSR count). The Balaban J connectivity index is 2.86. The molecular weight excluding hydrogens is 258 g/mol. The van der Waals surface area contributed by atoms with Crippen molar-refractivity contribution >= 4 is 14.2 Å². The molecule has 0 fully saturated rings. The highest BCUT2D eigenvalue weighted by atomic mass is 28.3. The van der Waals surface area contributed by atoms with Crippen molar-refractivity contribution < 1.29 is 14.6 Å². The van der Waals surface area contributed by atoms with Crippen molar-refractivity contribution in [3.05, 3.63) is 11.8 Å². The number of ether oxygens (including phenoxy) is 1. The SMILES string of the molecule is CC(C)(C)OC(=O)[C@H]1CC(CCO)=CN1[Si](C)(C)C. The molecule has 0 radical (unpaired) electrons. The van der Waals surface area contributed by atoms with Gasteiger partial charge in [0.15, 0.2) is 0 Å². The summed E-state index contributed by atoms with van der Waals surface area (Å²) in [6, 6.07) is -0.215. The Labute approximate surface area is 117 Å². The van der Waals surface area contributed by atoms with Gasteiger partial charge in [0.25, 0.3) is 0 Å².